The largest absolute Gasteiger partial charge is 0.496 e. The molecule has 0 radical (unpaired) electrons. The lowest BCUT2D eigenvalue weighted by Gasteiger charge is -2.20. The summed E-state index contributed by atoms with van der Waals surface area (Å²) in [5.41, 5.74) is 2.53. The van der Waals surface area contributed by atoms with Gasteiger partial charge in [-0.1, -0.05) is 44.2 Å². The Bertz CT molecular complexity index is 1070. The van der Waals surface area contributed by atoms with Crippen LogP contribution in [0.2, 0.25) is 0 Å². The van der Waals surface area contributed by atoms with E-state index in [0.717, 1.165) is 22.1 Å². The van der Waals surface area contributed by atoms with Crippen molar-refractivity contribution in [1.82, 2.24) is 5.32 Å². The summed E-state index contributed by atoms with van der Waals surface area (Å²) in [6.07, 6.45) is 0.705. The van der Waals surface area contributed by atoms with Crippen molar-refractivity contribution in [2.75, 3.05) is 13.7 Å². The summed E-state index contributed by atoms with van der Waals surface area (Å²) >= 11 is 0. The molecule has 0 unspecified atom stereocenters. The molecular weight excluding hydrogens is 382 g/mol. The van der Waals surface area contributed by atoms with E-state index >= 15 is 0 Å². The molecule has 0 aliphatic carbocycles. The van der Waals surface area contributed by atoms with Gasteiger partial charge in [-0.2, -0.15) is 0 Å². The summed E-state index contributed by atoms with van der Waals surface area (Å²) in [6.45, 7) is 3.81. The Morgan fingerprint density at radius 3 is 2.53 bits per heavy atom. The zero-order chi connectivity index (χ0) is 21.7. The average Bonchev–Trinajstić information content (AvgIpc) is 2.75. The molecule has 158 valence electrons. The monoisotopic (exact) mass is 409 g/mol. The highest BCUT2D eigenvalue weighted by Gasteiger charge is 2.17. The predicted molar refractivity (Wildman–Crippen MR) is 117 cm³/mol. The van der Waals surface area contributed by atoms with Gasteiger partial charge < -0.3 is 19.6 Å². The van der Waals surface area contributed by atoms with Gasteiger partial charge in [0.2, 0.25) is 5.91 Å². The SMILES string of the molecule is COc1cc2oc(=O)cc(-c3ccccc3)c2cc1CCC(=O)N[C@H](CO)C(C)C. The Balaban J connectivity index is 1.94. The van der Waals surface area contributed by atoms with Crippen LogP contribution in [0, 0.1) is 5.92 Å². The predicted octanol–water partition coefficient (Wildman–Crippen LogP) is 3.53. The zero-order valence-corrected chi connectivity index (χ0v) is 17.5. The van der Waals surface area contributed by atoms with Gasteiger partial charge >= 0.3 is 5.63 Å². The molecular formula is C24H27NO5. The summed E-state index contributed by atoms with van der Waals surface area (Å²) in [6, 6.07) is 14.4. The molecule has 1 amide bonds. The fourth-order valence-electron chi connectivity index (χ4n) is 3.43. The first-order valence-corrected chi connectivity index (χ1v) is 10.0. The minimum Gasteiger partial charge on any atom is -0.496 e. The van der Waals surface area contributed by atoms with Crippen LogP contribution in [0.15, 0.2) is 57.7 Å². The first kappa shape index (κ1) is 21.6. The van der Waals surface area contributed by atoms with Crippen LogP contribution in [-0.2, 0) is 11.2 Å². The fourth-order valence-corrected chi connectivity index (χ4v) is 3.43. The molecule has 1 heterocycles. The van der Waals surface area contributed by atoms with E-state index in [-0.39, 0.29) is 30.9 Å². The van der Waals surface area contributed by atoms with Crippen LogP contribution < -0.4 is 15.7 Å². The lowest BCUT2D eigenvalue weighted by atomic mass is 9.98. The first-order valence-electron chi connectivity index (χ1n) is 10.0. The van der Waals surface area contributed by atoms with Gasteiger partial charge in [-0.25, -0.2) is 4.79 Å². The highest BCUT2D eigenvalue weighted by molar-refractivity contribution is 5.94. The van der Waals surface area contributed by atoms with Gasteiger partial charge in [-0.05, 0) is 35.1 Å². The minimum atomic E-state index is -0.431. The molecule has 1 aromatic heterocycles. The Hall–Kier alpha value is -3.12. The van der Waals surface area contributed by atoms with Gasteiger partial charge in [0.05, 0.1) is 19.8 Å². The first-order chi connectivity index (χ1) is 14.4. The maximum Gasteiger partial charge on any atom is 0.336 e. The number of carbonyl (C=O) groups excluding carboxylic acids is 1. The number of aliphatic hydroxyl groups is 1. The summed E-state index contributed by atoms with van der Waals surface area (Å²) < 4.78 is 10.9. The molecule has 0 spiro atoms. The number of methoxy groups -OCH3 is 1. The molecule has 0 bridgehead atoms. The van der Waals surface area contributed by atoms with E-state index in [0.29, 0.717) is 17.8 Å². The number of aryl methyl sites for hydroxylation is 1. The molecule has 3 aromatic rings. The maximum absolute atomic E-state index is 12.4. The number of carbonyl (C=O) groups is 1. The second kappa shape index (κ2) is 9.59. The Kier molecular flexibility index (Phi) is 6.90. The molecule has 6 heteroatoms. The van der Waals surface area contributed by atoms with Gasteiger partial charge in [-0.15, -0.1) is 0 Å². The molecule has 3 rings (SSSR count). The van der Waals surface area contributed by atoms with Crippen LogP contribution in [0.5, 0.6) is 5.75 Å². The number of fused-ring (bicyclic) bond motifs is 1. The molecule has 0 fully saturated rings. The molecule has 6 nitrogen and oxygen atoms in total. The third-order valence-corrected chi connectivity index (χ3v) is 5.20. The molecule has 2 aromatic carbocycles. The summed E-state index contributed by atoms with van der Waals surface area (Å²) in [4.78, 5) is 24.4. The Morgan fingerprint density at radius 2 is 1.90 bits per heavy atom. The topological polar surface area (TPSA) is 88.8 Å². The molecule has 2 N–H and O–H groups in total. The van der Waals surface area contributed by atoms with E-state index in [1.54, 1.807) is 13.2 Å². The number of ether oxygens (including phenoxy) is 1. The maximum atomic E-state index is 12.4. The van der Waals surface area contributed by atoms with Crippen LogP contribution in [0.4, 0.5) is 0 Å². The highest BCUT2D eigenvalue weighted by Crippen LogP contribution is 2.32. The van der Waals surface area contributed by atoms with E-state index in [4.69, 9.17) is 9.15 Å². The van der Waals surface area contributed by atoms with Gasteiger partial charge in [0.25, 0.3) is 0 Å². The standard InChI is InChI=1S/C24H27NO5/c1-15(2)20(14-26)25-23(27)10-9-17-11-19-18(16-7-5-4-6-8-16)12-24(28)30-22(19)13-21(17)29-3/h4-8,11-13,15,20,26H,9-10,14H2,1-3H3,(H,25,27)/t20-/m1/s1. The Labute approximate surface area is 175 Å². The normalized spacial score (nSPS) is 12.2. The molecule has 0 aliphatic rings. The van der Waals surface area contributed by atoms with Crippen LogP contribution in [0.3, 0.4) is 0 Å². The van der Waals surface area contributed by atoms with E-state index in [1.807, 2.05) is 50.2 Å². The number of hydrogen-bond donors (Lipinski definition) is 2. The van der Waals surface area contributed by atoms with Crippen molar-refractivity contribution >= 4 is 16.9 Å². The molecule has 0 saturated carbocycles. The average molecular weight is 409 g/mol. The number of hydrogen-bond acceptors (Lipinski definition) is 5. The number of rotatable bonds is 8. The summed E-state index contributed by atoms with van der Waals surface area (Å²) in [5.74, 6) is 0.574. The van der Waals surface area contributed by atoms with Gasteiger partial charge in [0.15, 0.2) is 0 Å². The number of benzene rings is 2. The highest BCUT2D eigenvalue weighted by atomic mass is 16.5. The lowest BCUT2D eigenvalue weighted by molar-refractivity contribution is -0.122. The van der Waals surface area contributed by atoms with Crippen molar-refractivity contribution in [3.05, 3.63) is 64.5 Å². The van der Waals surface area contributed by atoms with E-state index in [9.17, 15) is 14.7 Å². The number of amides is 1. The van der Waals surface area contributed by atoms with Crippen molar-refractivity contribution in [2.45, 2.75) is 32.7 Å². The van der Waals surface area contributed by atoms with Crippen molar-refractivity contribution in [2.24, 2.45) is 5.92 Å². The zero-order valence-electron chi connectivity index (χ0n) is 17.5. The Morgan fingerprint density at radius 1 is 1.17 bits per heavy atom. The van der Waals surface area contributed by atoms with Crippen LogP contribution >= 0.6 is 0 Å². The molecule has 1 atom stereocenters. The lowest BCUT2D eigenvalue weighted by Crippen LogP contribution is -2.41. The van der Waals surface area contributed by atoms with Crippen molar-refractivity contribution in [1.29, 1.82) is 0 Å². The molecule has 0 saturated heterocycles. The van der Waals surface area contributed by atoms with E-state index in [1.165, 1.54) is 6.07 Å². The minimum absolute atomic E-state index is 0.0951. The van der Waals surface area contributed by atoms with Crippen LogP contribution in [0.1, 0.15) is 25.8 Å². The van der Waals surface area contributed by atoms with Gasteiger partial charge in [0.1, 0.15) is 11.3 Å². The van der Waals surface area contributed by atoms with Crippen molar-refractivity contribution < 1.29 is 19.1 Å². The second-order valence-corrected chi connectivity index (χ2v) is 7.61. The van der Waals surface area contributed by atoms with Crippen LogP contribution in [0.25, 0.3) is 22.1 Å². The summed E-state index contributed by atoms with van der Waals surface area (Å²) in [5, 5.41) is 13.1. The van der Waals surface area contributed by atoms with Gasteiger partial charge in [-0.3, -0.25) is 4.79 Å². The fraction of sp³-hybridized carbons (Fsp3) is 0.333. The van der Waals surface area contributed by atoms with Crippen molar-refractivity contribution in [3.63, 3.8) is 0 Å². The van der Waals surface area contributed by atoms with E-state index < -0.39 is 5.63 Å². The second-order valence-electron chi connectivity index (χ2n) is 7.61. The third kappa shape index (κ3) is 4.89. The molecule has 30 heavy (non-hydrogen) atoms. The smallest absolute Gasteiger partial charge is 0.336 e. The van der Waals surface area contributed by atoms with E-state index in [2.05, 4.69) is 5.32 Å². The quantitative estimate of drug-likeness (QED) is 0.556. The molecule has 0 aliphatic heterocycles. The van der Waals surface area contributed by atoms with Gasteiger partial charge in [0, 0.05) is 23.9 Å². The van der Waals surface area contributed by atoms with Crippen molar-refractivity contribution in [3.8, 4) is 16.9 Å². The number of aliphatic hydroxyl groups excluding tert-OH is 1. The number of nitrogens with one attached hydrogen (secondary N) is 1. The summed E-state index contributed by atoms with van der Waals surface area (Å²) in [7, 11) is 1.55. The van der Waals surface area contributed by atoms with Crippen LogP contribution in [-0.4, -0.2) is 30.8 Å². The third-order valence-electron chi connectivity index (χ3n) is 5.20.